The first-order valence-corrected chi connectivity index (χ1v) is 8.03. The molecule has 1 aliphatic heterocycles. The normalized spacial score (nSPS) is 21.2. The Bertz CT molecular complexity index is 569. The van der Waals surface area contributed by atoms with Gasteiger partial charge in [-0.05, 0) is 31.2 Å². The summed E-state index contributed by atoms with van der Waals surface area (Å²) in [4.78, 5) is 0. The molecule has 0 bridgehead atoms. The number of benzene rings is 2. The van der Waals surface area contributed by atoms with Crippen molar-refractivity contribution < 1.29 is 18.3 Å². The van der Waals surface area contributed by atoms with E-state index >= 15 is 0 Å². The molecule has 0 aliphatic carbocycles. The maximum atomic E-state index is 13.0. The van der Waals surface area contributed by atoms with E-state index in [1.807, 2.05) is 43.3 Å². The molecule has 1 fully saturated rings. The lowest BCUT2D eigenvalue weighted by molar-refractivity contribution is 0.343. The fraction of sp³-hybridized carbons (Fsp3) is 0.200. The van der Waals surface area contributed by atoms with Crippen molar-refractivity contribution >= 4 is 7.60 Å². The summed E-state index contributed by atoms with van der Waals surface area (Å²) in [6, 6.07) is 18.0. The van der Waals surface area contributed by atoms with Crippen molar-refractivity contribution in [3.05, 3.63) is 60.7 Å². The summed E-state index contributed by atoms with van der Waals surface area (Å²) in [5, 5.41) is 0. The third-order valence-corrected chi connectivity index (χ3v) is 5.04. The molecular weight excluding hydrogens is 275 g/mol. The van der Waals surface area contributed by atoms with Crippen LogP contribution in [-0.4, -0.2) is 11.9 Å². The van der Waals surface area contributed by atoms with Crippen molar-refractivity contribution in [1.82, 2.24) is 0 Å². The Labute approximate surface area is 117 Å². The van der Waals surface area contributed by atoms with Gasteiger partial charge in [0.15, 0.2) is 0 Å². The second-order valence-corrected chi connectivity index (χ2v) is 6.53. The first-order chi connectivity index (χ1) is 9.67. The van der Waals surface area contributed by atoms with Gasteiger partial charge in [-0.15, -0.1) is 0 Å². The van der Waals surface area contributed by atoms with Gasteiger partial charge in [0, 0.05) is 0 Å². The number of hydrogen-bond acceptors (Lipinski definition) is 4. The van der Waals surface area contributed by atoms with E-state index in [0.29, 0.717) is 11.5 Å². The van der Waals surface area contributed by atoms with Crippen LogP contribution in [0.15, 0.2) is 60.7 Å². The van der Waals surface area contributed by atoms with Crippen LogP contribution in [0, 0.1) is 0 Å². The first-order valence-electron chi connectivity index (χ1n) is 6.42. The van der Waals surface area contributed by atoms with E-state index in [0.717, 1.165) is 0 Å². The Balaban J connectivity index is 1.84. The average molecular weight is 290 g/mol. The molecule has 4 nitrogen and oxygen atoms in total. The highest BCUT2D eigenvalue weighted by molar-refractivity contribution is 7.55. The number of hydrogen-bond donors (Lipinski definition) is 0. The molecule has 2 unspecified atom stereocenters. The number of para-hydroxylation sites is 2. The molecular formula is C15H15O4P. The molecule has 1 aliphatic rings. The molecule has 0 saturated carbocycles. The highest BCUT2D eigenvalue weighted by Crippen LogP contribution is 2.60. The third kappa shape index (κ3) is 2.87. The molecule has 104 valence electrons. The van der Waals surface area contributed by atoms with Crippen molar-refractivity contribution in [3.8, 4) is 11.5 Å². The summed E-state index contributed by atoms with van der Waals surface area (Å²) < 4.78 is 29.5. The minimum absolute atomic E-state index is 0.117. The van der Waals surface area contributed by atoms with E-state index in [9.17, 15) is 4.57 Å². The first kappa shape index (κ1) is 13.2. The van der Waals surface area contributed by atoms with Crippen LogP contribution in [0.4, 0.5) is 0 Å². The van der Waals surface area contributed by atoms with Gasteiger partial charge in [0.25, 0.3) is 0 Å². The molecule has 0 aromatic heterocycles. The fourth-order valence-corrected chi connectivity index (χ4v) is 3.82. The van der Waals surface area contributed by atoms with Gasteiger partial charge in [-0.2, -0.15) is 0 Å². The zero-order valence-corrected chi connectivity index (χ0v) is 11.9. The van der Waals surface area contributed by atoms with Crippen molar-refractivity contribution in [2.45, 2.75) is 18.9 Å². The van der Waals surface area contributed by atoms with E-state index < -0.39 is 13.4 Å². The predicted octanol–water partition coefficient (Wildman–Crippen LogP) is 4.08. The van der Waals surface area contributed by atoms with Crippen LogP contribution in [0.1, 0.15) is 6.92 Å². The lowest BCUT2D eigenvalue weighted by atomic mass is 10.3. The molecule has 2 aromatic rings. The molecule has 0 N–H and O–H groups in total. The minimum atomic E-state index is -3.40. The van der Waals surface area contributed by atoms with Crippen LogP contribution >= 0.6 is 7.60 Å². The van der Waals surface area contributed by atoms with Gasteiger partial charge in [-0.3, -0.25) is 0 Å². The molecule has 20 heavy (non-hydrogen) atoms. The smallest absolute Gasteiger partial charge is 0.414 e. The second-order valence-electron chi connectivity index (χ2n) is 4.58. The van der Waals surface area contributed by atoms with Gasteiger partial charge in [0.2, 0.25) is 5.85 Å². The lowest BCUT2D eigenvalue weighted by Gasteiger charge is -2.18. The molecule has 2 aromatic carbocycles. The van der Waals surface area contributed by atoms with Crippen LogP contribution in [0.25, 0.3) is 0 Å². The molecule has 5 heteroatoms. The van der Waals surface area contributed by atoms with Crippen LogP contribution in [0.3, 0.4) is 0 Å². The maximum Gasteiger partial charge on any atom is 0.462 e. The molecule has 1 heterocycles. The average Bonchev–Trinajstić information content (AvgIpc) is 3.19. The van der Waals surface area contributed by atoms with Gasteiger partial charge in [0.1, 0.15) is 11.5 Å². The zero-order valence-electron chi connectivity index (χ0n) is 11.0. The highest BCUT2D eigenvalue weighted by Gasteiger charge is 2.55. The zero-order chi connectivity index (χ0) is 14.0. The van der Waals surface area contributed by atoms with Crippen molar-refractivity contribution in [3.63, 3.8) is 0 Å². The number of ether oxygens (including phenoxy) is 1. The number of rotatable bonds is 5. The molecule has 3 rings (SSSR count). The van der Waals surface area contributed by atoms with Crippen molar-refractivity contribution in [1.29, 1.82) is 0 Å². The molecule has 2 atom stereocenters. The SMILES string of the molecule is CC1OC1P(=O)(Oc1ccccc1)Oc1ccccc1. The second kappa shape index (κ2) is 5.31. The summed E-state index contributed by atoms with van der Waals surface area (Å²) in [6.45, 7) is 1.85. The van der Waals surface area contributed by atoms with E-state index in [2.05, 4.69) is 0 Å². The molecule has 0 radical (unpaired) electrons. The van der Waals surface area contributed by atoms with Gasteiger partial charge in [-0.1, -0.05) is 36.4 Å². The van der Waals surface area contributed by atoms with Crippen LogP contribution in [0.5, 0.6) is 11.5 Å². The van der Waals surface area contributed by atoms with E-state index in [4.69, 9.17) is 13.8 Å². The van der Waals surface area contributed by atoms with E-state index in [1.165, 1.54) is 0 Å². The predicted molar refractivity (Wildman–Crippen MR) is 76.1 cm³/mol. The summed E-state index contributed by atoms with van der Waals surface area (Å²) in [7, 11) is -3.40. The maximum absolute atomic E-state index is 13.0. The minimum Gasteiger partial charge on any atom is -0.414 e. The lowest BCUT2D eigenvalue weighted by Crippen LogP contribution is -2.07. The van der Waals surface area contributed by atoms with E-state index in [-0.39, 0.29) is 6.10 Å². The van der Waals surface area contributed by atoms with Gasteiger partial charge >= 0.3 is 7.60 Å². The standard InChI is InChI=1S/C15H15O4P/c1-12-15(17-12)20(16,18-13-8-4-2-5-9-13)19-14-10-6-3-7-11-14/h2-12,15H,1H3. The largest absolute Gasteiger partial charge is 0.462 e. The molecule has 0 spiro atoms. The summed E-state index contributed by atoms with van der Waals surface area (Å²) in [5.74, 6) is 0.506. The Kier molecular flexibility index (Phi) is 3.51. The van der Waals surface area contributed by atoms with Crippen molar-refractivity contribution in [2.24, 2.45) is 0 Å². The summed E-state index contributed by atoms with van der Waals surface area (Å²) in [6.07, 6.45) is -0.117. The Morgan fingerprint density at radius 1 is 0.900 bits per heavy atom. The van der Waals surface area contributed by atoms with Gasteiger partial charge in [-0.25, -0.2) is 4.57 Å². The molecule has 0 amide bonds. The van der Waals surface area contributed by atoms with E-state index in [1.54, 1.807) is 24.3 Å². The van der Waals surface area contributed by atoms with Crippen LogP contribution < -0.4 is 9.05 Å². The van der Waals surface area contributed by atoms with Crippen molar-refractivity contribution in [2.75, 3.05) is 0 Å². The highest BCUT2D eigenvalue weighted by atomic mass is 31.2. The van der Waals surface area contributed by atoms with Gasteiger partial charge in [0.05, 0.1) is 6.10 Å². The topological polar surface area (TPSA) is 48.1 Å². The Hall–Kier alpha value is -1.77. The molecule has 1 saturated heterocycles. The van der Waals surface area contributed by atoms with Gasteiger partial charge < -0.3 is 13.8 Å². The quantitative estimate of drug-likeness (QED) is 0.615. The summed E-state index contributed by atoms with van der Waals surface area (Å²) in [5.41, 5.74) is 0. The summed E-state index contributed by atoms with van der Waals surface area (Å²) >= 11 is 0. The Morgan fingerprint density at radius 3 is 1.65 bits per heavy atom. The monoisotopic (exact) mass is 290 g/mol. The number of epoxide rings is 1. The van der Waals surface area contributed by atoms with Crippen LogP contribution in [-0.2, 0) is 9.30 Å². The van der Waals surface area contributed by atoms with Crippen LogP contribution in [0.2, 0.25) is 0 Å². The Morgan fingerprint density at radius 2 is 1.30 bits per heavy atom. The fourth-order valence-electron chi connectivity index (χ4n) is 1.89. The third-order valence-electron chi connectivity index (χ3n) is 2.94.